The number of nitrogens with one attached hydrogen (secondary N) is 2. The van der Waals surface area contributed by atoms with E-state index in [9.17, 15) is 18.0 Å². The molecule has 0 spiro atoms. The molecule has 0 saturated carbocycles. The summed E-state index contributed by atoms with van der Waals surface area (Å²) in [7, 11) is 1.58. The van der Waals surface area contributed by atoms with Crippen LogP contribution in [0.4, 0.5) is 13.2 Å². The Bertz CT molecular complexity index is 725. The van der Waals surface area contributed by atoms with Gasteiger partial charge >= 0.3 is 6.61 Å². The van der Waals surface area contributed by atoms with E-state index in [1.807, 2.05) is 18.7 Å². The molecule has 1 aliphatic heterocycles. The number of alkyl halides is 2. The highest BCUT2D eigenvalue weighted by Gasteiger charge is 2.27. The number of rotatable bonds is 8. The molecule has 1 amide bonds. The van der Waals surface area contributed by atoms with E-state index in [-0.39, 0.29) is 59.7 Å². The summed E-state index contributed by atoms with van der Waals surface area (Å²) in [4.78, 5) is 18.6. The number of amides is 1. The first-order valence-electron chi connectivity index (χ1n) is 10.4. The first kappa shape index (κ1) is 27.3. The van der Waals surface area contributed by atoms with Gasteiger partial charge in [-0.15, -0.1) is 24.0 Å². The minimum Gasteiger partial charge on any atom is -0.434 e. The van der Waals surface area contributed by atoms with E-state index in [4.69, 9.17) is 0 Å². The van der Waals surface area contributed by atoms with Crippen LogP contribution in [0.3, 0.4) is 0 Å². The van der Waals surface area contributed by atoms with Crippen molar-refractivity contribution in [2.75, 3.05) is 20.1 Å². The summed E-state index contributed by atoms with van der Waals surface area (Å²) in [6.45, 7) is 2.32. The summed E-state index contributed by atoms with van der Waals surface area (Å²) >= 11 is 0. The first-order valence-corrected chi connectivity index (χ1v) is 10.4. The van der Waals surface area contributed by atoms with E-state index < -0.39 is 12.4 Å². The van der Waals surface area contributed by atoms with Crippen molar-refractivity contribution in [3.63, 3.8) is 0 Å². The van der Waals surface area contributed by atoms with Gasteiger partial charge in [-0.2, -0.15) is 8.78 Å². The molecule has 31 heavy (non-hydrogen) atoms. The Hall–Kier alpha value is -1.72. The summed E-state index contributed by atoms with van der Waals surface area (Å²) < 4.78 is 43.6. The molecule has 176 valence electrons. The van der Waals surface area contributed by atoms with E-state index in [0.29, 0.717) is 19.0 Å². The fourth-order valence-corrected chi connectivity index (χ4v) is 3.62. The highest BCUT2D eigenvalue weighted by molar-refractivity contribution is 14.0. The molecule has 0 atom stereocenters. The van der Waals surface area contributed by atoms with Gasteiger partial charge in [0.1, 0.15) is 11.6 Å². The number of nitrogens with zero attached hydrogens (tertiary/aromatic N) is 2. The van der Waals surface area contributed by atoms with Crippen LogP contribution in [0, 0.1) is 11.7 Å². The summed E-state index contributed by atoms with van der Waals surface area (Å²) in [5, 5.41) is 6.21. The van der Waals surface area contributed by atoms with Gasteiger partial charge < -0.3 is 20.3 Å². The number of hydrogen-bond acceptors (Lipinski definition) is 3. The fourth-order valence-electron chi connectivity index (χ4n) is 3.62. The average Bonchev–Trinajstić information content (AvgIpc) is 2.73. The molecule has 6 nitrogen and oxygen atoms in total. The van der Waals surface area contributed by atoms with E-state index >= 15 is 0 Å². The van der Waals surface area contributed by atoms with E-state index in [0.717, 1.165) is 25.7 Å². The number of halogens is 4. The van der Waals surface area contributed by atoms with Crippen molar-refractivity contribution in [2.45, 2.75) is 58.7 Å². The molecule has 2 N–H and O–H groups in total. The Labute approximate surface area is 199 Å². The highest BCUT2D eigenvalue weighted by Crippen LogP contribution is 2.23. The lowest BCUT2D eigenvalue weighted by Crippen LogP contribution is -2.50. The van der Waals surface area contributed by atoms with Gasteiger partial charge in [0.25, 0.3) is 0 Å². The lowest BCUT2D eigenvalue weighted by molar-refractivity contribution is -0.136. The maximum Gasteiger partial charge on any atom is 0.387 e. The van der Waals surface area contributed by atoms with Gasteiger partial charge in [0.05, 0.1) is 0 Å². The third-order valence-corrected chi connectivity index (χ3v) is 5.43. The number of guanidine groups is 1. The lowest BCUT2D eigenvalue weighted by atomic mass is 9.98. The standard InChI is InChI=1S/C21H31F3N4O2.HI/c1-4-14(5-2)19(29)28-11-9-15(10-12-28)27-21(25-3)26-13-16-17(22)7-6-8-18(16)30-20(23)24;/h6-8,14-15,20H,4-5,9-13H2,1-3H3,(H2,25,26,27);1H. The van der Waals surface area contributed by atoms with Crippen molar-refractivity contribution in [1.29, 1.82) is 0 Å². The first-order chi connectivity index (χ1) is 14.4. The minimum absolute atomic E-state index is 0. The van der Waals surface area contributed by atoms with Crippen molar-refractivity contribution in [2.24, 2.45) is 10.9 Å². The molecule has 1 fully saturated rings. The average molecular weight is 556 g/mol. The van der Waals surface area contributed by atoms with Crippen LogP contribution >= 0.6 is 24.0 Å². The Morgan fingerprint density at radius 1 is 1.26 bits per heavy atom. The maximum absolute atomic E-state index is 14.1. The van der Waals surface area contributed by atoms with Crippen LogP contribution in [0.25, 0.3) is 0 Å². The van der Waals surface area contributed by atoms with E-state index in [1.165, 1.54) is 18.2 Å². The number of carbonyl (C=O) groups excluding carboxylic acids is 1. The molecule has 10 heteroatoms. The molecule has 1 saturated heterocycles. The number of benzene rings is 1. The zero-order chi connectivity index (χ0) is 22.1. The molecule has 0 aromatic heterocycles. The Morgan fingerprint density at radius 2 is 1.90 bits per heavy atom. The molecule has 1 heterocycles. The molecule has 0 aliphatic carbocycles. The quantitative estimate of drug-likeness (QED) is 0.287. The summed E-state index contributed by atoms with van der Waals surface area (Å²) in [5.74, 6) is -0.113. The predicted octanol–water partition coefficient (Wildman–Crippen LogP) is 4.14. The fraction of sp³-hybridized carbons (Fsp3) is 0.619. The van der Waals surface area contributed by atoms with Crippen LogP contribution in [0.1, 0.15) is 45.1 Å². The predicted molar refractivity (Wildman–Crippen MR) is 125 cm³/mol. The largest absolute Gasteiger partial charge is 0.434 e. The Kier molecular flexibility index (Phi) is 12.0. The van der Waals surface area contributed by atoms with Gasteiger partial charge in [0, 0.05) is 44.2 Å². The van der Waals surface area contributed by atoms with Crippen LogP contribution in [-0.4, -0.2) is 49.6 Å². The Balaban J connectivity index is 0.00000480. The molecule has 1 aromatic carbocycles. The second kappa shape index (κ2) is 13.6. The van der Waals surface area contributed by atoms with Crippen molar-refractivity contribution in [3.8, 4) is 5.75 Å². The molecule has 0 unspecified atom stereocenters. The molecule has 2 rings (SSSR count). The van der Waals surface area contributed by atoms with Gasteiger partial charge in [-0.05, 0) is 37.8 Å². The SMILES string of the molecule is CCC(CC)C(=O)N1CCC(NC(=NC)NCc2c(F)cccc2OC(F)F)CC1.I. The normalized spacial score (nSPS) is 15.1. The third kappa shape index (κ3) is 8.04. The zero-order valence-corrected chi connectivity index (χ0v) is 20.5. The van der Waals surface area contributed by atoms with E-state index in [1.54, 1.807) is 7.05 Å². The second-order valence-electron chi connectivity index (χ2n) is 7.28. The second-order valence-corrected chi connectivity index (χ2v) is 7.28. The van der Waals surface area contributed by atoms with Gasteiger partial charge in [0.2, 0.25) is 5.91 Å². The molecule has 0 radical (unpaired) electrons. The Morgan fingerprint density at radius 3 is 2.45 bits per heavy atom. The summed E-state index contributed by atoms with van der Waals surface area (Å²) in [5.41, 5.74) is 0.00587. The van der Waals surface area contributed by atoms with Crippen molar-refractivity contribution >= 4 is 35.8 Å². The van der Waals surface area contributed by atoms with Crippen molar-refractivity contribution < 1.29 is 22.7 Å². The van der Waals surface area contributed by atoms with Crippen LogP contribution in [0.15, 0.2) is 23.2 Å². The highest BCUT2D eigenvalue weighted by atomic mass is 127. The van der Waals surface area contributed by atoms with Crippen LogP contribution in [0.2, 0.25) is 0 Å². The summed E-state index contributed by atoms with van der Waals surface area (Å²) in [6, 6.07) is 3.92. The zero-order valence-electron chi connectivity index (χ0n) is 18.2. The number of ether oxygens (including phenoxy) is 1. The van der Waals surface area contributed by atoms with Crippen molar-refractivity contribution in [3.05, 3.63) is 29.6 Å². The van der Waals surface area contributed by atoms with Gasteiger partial charge in [-0.25, -0.2) is 4.39 Å². The molecule has 1 aromatic rings. The lowest BCUT2D eigenvalue weighted by Gasteiger charge is -2.34. The topological polar surface area (TPSA) is 66.0 Å². The van der Waals surface area contributed by atoms with Crippen LogP contribution in [0.5, 0.6) is 5.75 Å². The smallest absolute Gasteiger partial charge is 0.387 e. The number of piperidine rings is 1. The van der Waals surface area contributed by atoms with Gasteiger partial charge in [-0.1, -0.05) is 19.9 Å². The van der Waals surface area contributed by atoms with Gasteiger partial charge in [0.15, 0.2) is 5.96 Å². The third-order valence-electron chi connectivity index (χ3n) is 5.43. The maximum atomic E-state index is 14.1. The van der Waals surface area contributed by atoms with E-state index in [2.05, 4.69) is 20.4 Å². The number of hydrogen-bond donors (Lipinski definition) is 2. The summed E-state index contributed by atoms with van der Waals surface area (Å²) in [6.07, 6.45) is 3.23. The number of carbonyl (C=O) groups is 1. The monoisotopic (exact) mass is 556 g/mol. The number of likely N-dealkylation sites (tertiary alicyclic amines) is 1. The van der Waals surface area contributed by atoms with Crippen molar-refractivity contribution in [1.82, 2.24) is 15.5 Å². The molecule has 0 bridgehead atoms. The van der Waals surface area contributed by atoms with Gasteiger partial charge in [-0.3, -0.25) is 9.79 Å². The molecular weight excluding hydrogens is 524 g/mol. The van der Waals surface area contributed by atoms with Crippen LogP contribution in [-0.2, 0) is 11.3 Å². The minimum atomic E-state index is -3.03. The van der Waals surface area contributed by atoms with Crippen LogP contribution < -0.4 is 15.4 Å². The molecular formula is C21H32F3IN4O2. The molecule has 1 aliphatic rings. The number of aliphatic imine (C=N–C) groups is 1.